The Kier molecular flexibility index (Phi) is 2.87. The fraction of sp³-hybridized carbons (Fsp3) is 0.143. The van der Waals surface area contributed by atoms with E-state index in [-0.39, 0.29) is 5.82 Å². The Labute approximate surface area is 109 Å². The second-order valence-electron chi connectivity index (χ2n) is 4.21. The molecule has 2 heterocycles. The van der Waals surface area contributed by atoms with Crippen molar-refractivity contribution in [2.45, 2.75) is 6.42 Å². The maximum absolute atomic E-state index is 12.9. The molecule has 3 aromatic rings. The van der Waals surface area contributed by atoms with Gasteiger partial charge in [-0.1, -0.05) is 12.1 Å². The molecule has 0 aliphatic heterocycles. The normalized spacial score (nSPS) is 10.8. The molecule has 3 rings (SSSR count). The van der Waals surface area contributed by atoms with Crippen LogP contribution in [0, 0.1) is 5.82 Å². The molecule has 0 atom stereocenters. The van der Waals surface area contributed by atoms with Crippen LogP contribution in [0.1, 0.15) is 11.4 Å². The van der Waals surface area contributed by atoms with E-state index >= 15 is 0 Å². The highest BCUT2D eigenvalue weighted by Gasteiger charge is 2.07. The first-order valence-electron chi connectivity index (χ1n) is 5.88. The Bertz CT molecular complexity index is 706. The molecule has 0 fully saturated rings. The van der Waals surface area contributed by atoms with Gasteiger partial charge in [-0.3, -0.25) is 4.40 Å². The Balaban J connectivity index is 1.95. The van der Waals surface area contributed by atoms with Crippen LogP contribution < -0.4 is 4.74 Å². The van der Waals surface area contributed by atoms with Gasteiger partial charge in [-0.2, -0.15) is 0 Å². The van der Waals surface area contributed by atoms with Gasteiger partial charge in [0, 0.05) is 18.7 Å². The highest BCUT2D eigenvalue weighted by Crippen LogP contribution is 2.15. The van der Waals surface area contributed by atoms with Gasteiger partial charge in [-0.25, -0.2) is 4.39 Å². The first kappa shape index (κ1) is 11.6. The molecule has 4 nitrogen and oxygen atoms in total. The third-order valence-corrected chi connectivity index (χ3v) is 2.96. The van der Waals surface area contributed by atoms with Crippen LogP contribution in [-0.4, -0.2) is 21.7 Å². The summed E-state index contributed by atoms with van der Waals surface area (Å²) in [5, 5.41) is 8.25. The number of benzene rings is 1. The van der Waals surface area contributed by atoms with Gasteiger partial charge < -0.3 is 4.74 Å². The fourth-order valence-corrected chi connectivity index (χ4v) is 1.95. The van der Waals surface area contributed by atoms with E-state index in [1.54, 1.807) is 19.2 Å². The first-order valence-corrected chi connectivity index (χ1v) is 5.88. The number of ether oxygens (including phenoxy) is 1. The molecule has 0 amide bonds. The average molecular weight is 257 g/mol. The molecule has 0 saturated carbocycles. The number of pyridine rings is 1. The van der Waals surface area contributed by atoms with Gasteiger partial charge in [0.05, 0.1) is 7.11 Å². The van der Waals surface area contributed by atoms with Crippen molar-refractivity contribution in [3.8, 4) is 5.75 Å². The SMILES string of the molecule is COc1ccn2c(Cc3ccc(F)cc3)nnc2c1. The topological polar surface area (TPSA) is 39.4 Å². The van der Waals surface area contributed by atoms with Crippen LogP contribution in [0.2, 0.25) is 0 Å². The van der Waals surface area contributed by atoms with E-state index in [1.165, 1.54) is 12.1 Å². The summed E-state index contributed by atoms with van der Waals surface area (Å²) in [6.07, 6.45) is 2.47. The van der Waals surface area contributed by atoms with E-state index in [0.29, 0.717) is 6.42 Å². The van der Waals surface area contributed by atoms with Crippen LogP contribution in [0.5, 0.6) is 5.75 Å². The average Bonchev–Trinajstić information content (AvgIpc) is 2.83. The molecule has 0 saturated heterocycles. The molecule has 0 aliphatic rings. The maximum atomic E-state index is 12.9. The third-order valence-electron chi connectivity index (χ3n) is 2.96. The lowest BCUT2D eigenvalue weighted by Crippen LogP contribution is -1.96. The lowest BCUT2D eigenvalue weighted by atomic mass is 10.1. The summed E-state index contributed by atoms with van der Waals surface area (Å²) in [5.74, 6) is 1.32. The summed E-state index contributed by atoms with van der Waals surface area (Å²) >= 11 is 0. The highest BCUT2D eigenvalue weighted by atomic mass is 19.1. The van der Waals surface area contributed by atoms with Crippen LogP contribution >= 0.6 is 0 Å². The number of methoxy groups -OCH3 is 1. The zero-order chi connectivity index (χ0) is 13.2. The summed E-state index contributed by atoms with van der Waals surface area (Å²) < 4.78 is 19.9. The standard InChI is InChI=1S/C14H12FN3O/c1-19-12-6-7-18-13(16-17-14(18)9-12)8-10-2-4-11(15)5-3-10/h2-7,9H,8H2,1H3. The van der Waals surface area contributed by atoms with Crippen molar-refractivity contribution in [1.29, 1.82) is 0 Å². The van der Waals surface area contributed by atoms with Crippen molar-refractivity contribution < 1.29 is 9.13 Å². The van der Waals surface area contributed by atoms with Crippen LogP contribution in [-0.2, 0) is 6.42 Å². The van der Waals surface area contributed by atoms with E-state index in [2.05, 4.69) is 10.2 Å². The molecular formula is C14H12FN3O. The summed E-state index contributed by atoms with van der Waals surface area (Å²) in [6, 6.07) is 10.1. The lowest BCUT2D eigenvalue weighted by Gasteiger charge is -2.02. The largest absolute Gasteiger partial charge is 0.497 e. The van der Waals surface area contributed by atoms with Crippen LogP contribution in [0.3, 0.4) is 0 Å². The molecule has 0 N–H and O–H groups in total. The molecule has 2 aromatic heterocycles. The van der Waals surface area contributed by atoms with Gasteiger partial charge in [-0.15, -0.1) is 10.2 Å². The fourth-order valence-electron chi connectivity index (χ4n) is 1.95. The van der Waals surface area contributed by atoms with Gasteiger partial charge >= 0.3 is 0 Å². The predicted octanol–water partition coefficient (Wildman–Crippen LogP) is 2.47. The molecule has 0 radical (unpaired) electrons. The van der Waals surface area contributed by atoms with Crippen LogP contribution in [0.25, 0.3) is 5.65 Å². The van der Waals surface area contributed by atoms with Crippen LogP contribution in [0.15, 0.2) is 42.6 Å². The number of hydrogen-bond acceptors (Lipinski definition) is 3. The molecule has 0 aliphatic carbocycles. The Morgan fingerprint density at radius 2 is 1.95 bits per heavy atom. The highest BCUT2D eigenvalue weighted by molar-refractivity contribution is 5.44. The minimum Gasteiger partial charge on any atom is -0.497 e. The molecule has 0 unspecified atom stereocenters. The van der Waals surface area contributed by atoms with E-state index in [1.807, 2.05) is 22.7 Å². The Hall–Kier alpha value is -2.43. The van der Waals surface area contributed by atoms with Crippen molar-refractivity contribution in [2.75, 3.05) is 7.11 Å². The van der Waals surface area contributed by atoms with Gasteiger partial charge in [-0.05, 0) is 23.8 Å². The van der Waals surface area contributed by atoms with Crippen molar-refractivity contribution >= 4 is 5.65 Å². The number of aromatic nitrogens is 3. The van der Waals surface area contributed by atoms with Crippen molar-refractivity contribution in [3.05, 3.63) is 59.8 Å². The molecule has 0 bridgehead atoms. The molecule has 96 valence electrons. The van der Waals surface area contributed by atoms with Crippen molar-refractivity contribution in [1.82, 2.24) is 14.6 Å². The minimum absolute atomic E-state index is 0.236. The number of halogens is 1. The molecule has 1 aromatic carbocycles. The lowest BCUT2D eigenvalue weighted by molar-refractivity contribution is 0.414. The van der Waals surface area contributed by atoms with Gasteiger partial charge in [0.15, 0.2) is 5.65 Å². The van der Waals surface area contributed by atoms with E-state index in [4.69, 9.17) is 4.74 Å². The van der Waals surface area contributed by atoms with Crippen molar-refractivity contribution in [2.24, 2.45) is 0 Å². The van der Waals surface area contributed by atoms with Gasteiger partial charge in [0.2, 0.25) is 0 Å². The second kappa shape index (κ2) is 4.68. The quantitative estimate of drug-likeness (QED) is 0.723. The molecule has 19 heavy (non-hydrogen) atoms. The summed E-state index contributed by atoms with van der Waals surface area (Å²) in [6.45, 7) is 0. The smallest absolute Gasteiger partial charge is 0.164 e. The predicted molar refractivity (Wildman–Crippen MR) is 68.7 cm³/mol. The summed E-state index contributed by atoms with van der Waals surface area (Å²) in [7, 11) is 1.61. The number of nitrogens with zero attached hydrogens (tertiary/aromatic N) is 3. The zero-order valence-electron chi connectivity index (χ0n) is 10.4. The van der Waals surface area contributed by atoms with E-state index in [0.717, 1.165) is 22.8 Å². The molecule has 0 spiro atoms. The number of hydrogen-bond donors (Lipinski definition) is 0. The Morgan fingerprint density at radius 3 is 2.68 bits per heavy atom. The zero-order valence-corrected chi connectivity index (χ0v) is 10.4. The number of rotatable bonds is 3. The van der Waals surface area contributed by atoms with Crippen LogP contribution in [0.4, 0.5) is 4.39 Å². The monoisotopic (exact) mass is 257 g/mol. The maximum Gasteiger partial charge on any atom is 0.164 e. The van der Waals surface area contributed by atoms with Gasteiger partial charge in [0.1, 0.15) is 17.4 Å². The van der Waals surface area contributed by atoms with E-state index < -0.39 is 0 Å². The second-order valence-corrected chi connectivity index (χ2v) is 4.21. The number of fused-ring (bicyclic) bond motifs is 1. The Morgan fingerprint density at radius 1 is 1.16 bits per heavy atom. The molecular weight excluding hydrogens is 245 g/mol. The molecule has 5 heteroatoms. The first-order chi connectivity index (χ1) is 9.26. The summed E-state index contributed by atoms with van der Waals surface area (Å²) in [5.41, 5.74) is 1.72. The van der Waals surface area contributed by atoms with Crippen molar-refractivity contribution in [3.63, 3.8) is 0 Å². The summed E-state index contributed by atoms with van der Waals surface area (Å²) in [4.78, 5) is 0. The van der Waals surface area contributed by atoms with Gasteiger partial charge in [0.25, 0.3) is 0 Å². The third kappa shape index (κ3) is 2.27. The minimum atomic E-state index is -0.236. The van der Waals surface area contributed by atoms with E-state index in [9.17, 15) is 4.39 Å².